The van der Waals surface area contributed by atoms with Crippen molar-refractivity contribution in [2.24, 2.45) is 0 Å². The van der Waals surface area contributed by atoms with Crippen LogP contribution in [-0.2, 0) is 6.54 Å². The number of rotatable bonds is 4. The molecule has 0 radical (unpaired) electrons. The van der Waals surface area contributed by atoms with Gasteiger partial charge in [-0.3, -0.25) is 14.5 Å². The number of nitrogens with one attached hydrogen (secondary N) is 1. The van der Waals surface area contributed by atoms with Gasteiger partial charge in [0.2, 0.25) is 0 Å². The van der Waals surface area contributed by atoms with Gasteiger partial charge in [0.25, 0.3) is 0 Å². The third-order valence-corrected chi connectivity index (χ3v) is 4.51. The normalized spacial score (nSPS) is 25.6. The standard InChI is InChI=1S/C15H27N5/c1-13(2)20-11-14(9-17-20)10-18-6-3-15(12-18)19-7-4-16-5-8-19/h9,11,13,15-16H,3-8,10,12H2,1-2H3. The lowest BCUT2D eigenvalue weighted by Crippen LogP contribution is -2.49. The second-order valence-electron chi connectivity index (χ2n) is 6.39. The molecule has 0 saturated carbocycles. The Morgan fingerprint density at radius 1 is 1.30 bits per heavy atom. The Balaban J connectivity index is 1.51. The first kappa shape index (κ1) is 14.0. The zero-order chi connectivity index (χ0) is 13.9. The van der Waals surface area contributed by atoms with Crippen molar-refractivity contribution in [1.82, 2.24) is 24.9 Å². The second-order valence-corrected chi connectivity index (χ2v) is 6.39. The van der Waals surface area contributed by atoms with Gasteiger partial charge in [0.15, 0.2) is 0 Å². The van der Waals surface area contributed by atoms with Crippen molar-refractivity contribution >= 4 is 0 Å². The van der Waals surface area contributed by atoms with Crippen LogP contribution >= 0.6 is 0 Å². The second kappa shape index (κ2) is 6.24. The highest BCUT2D eigenvalue weighted by Gasteiger charge is 2.28. The molecule has 2 fully saturated rings. The molecule has 0 spiro atoms. The lowest BCUT2D eigenvalue weighted by Gasteiger charge is -2.32. The summed E-state index contributed by atoms with van der Waals surface area (Å²) in [7, 11) is 0. The van der Waals surface area contributed by atoms with Crippen LogP contribution in [0.1, 0.15) is 31.9 Å². The largest absolute Gasteiger partial charge is 0.314 e. The third kappa shape index (κ3) is 3.22. The molecule has 0 amide bonds. The summed E-state index contributed by atoms with van der Waals surface area (Å²) in [6.45, 7) is 12.6. The van der Waals surface area contributed by atoms with Crippen LogP contribution in [0.25, 0.3) is 0 Å². The van der Waals surface area contributed by atoms with Gasteiger partial charge in [0.05, 0.1) is 6.20 Å². The summed E-state index contributed by atoms with van der Waals surface area (Å²) >= 11 is 0. The van der Waals surface area contributed by atoms with Crippen LogP contribution in [-0.4, -0.2) is 64.9 Å². The molecule has 2 aliphatic heterocycles. The van der Waals surface area contributed by atoms with E-state index in [2.05, 4.69) is 44.9 Å². The number of nitrogens with zero attached hydrogens (tertiary/aromatic N) is 4. The molecule has 1 aromatic rings. The average Bonchev–Trinajstić information content (AvgIpc) is 3.10. The molecule has 1 unspecified atom stereocenters. The molecule has 2 saturated heterocycles. The van der Waals surface area contributed by atoms with Crippen molar-refractivity contribution in [3.05, 3.63) is 18.0 Å². The lowest BCUT2D eigenvalue weighted by atomic mass is 10.2. The summed E-state index contributed by atoms with van der Waals surface area (Å²) in [5.41, 5.74) is 1.35. The van der Waals surface area contributed by atoms with E-state index in [0.717, 1.165) is 25.7 Å². The third-order valence-electron chi connectivity index (χ3n) is 4.51. The van der Waals surface area contributed by atoms with Crippen LogP contribution in [0.2, 0.25) is 0 Å². The predicted molar refractivity (Wildman–Crippen MR) is 80.7 cm³/mol. The first-order valence-corrected chi connectivity index (χ1v) is 7.92. The molecule has 20 heavy (non-hydrogen) atoms. The van der Waals surface area contributed by atoms with E-state index in [1.807, 2.05) is 6.20 Å². The molecule has 3 rings (SSSR count). The molecule has 0 aromatic carbocycles. The van der Waals surface area contributed by atoms with Gasteiger partial charge in [0.1, 0.15) is 0 Å². The van der Waals surface area contributed by atoms with Crippen molar-refractivity contribution in [3.8, 4) is 0 Å². The van der Waals surface area contributed by atoms with Crippen molar-refractivity contribution in [3.63, 3.8) is 0 Å². The fraction of sp³-hybridized carbons (Fsp3) is 0.800. The molecule has 2 aliphatic rings. The van der Waals surface area contributed by atoms with Crippen molar-refractivity contribution in [1.29, 1.82) is 0 Å². The van der Waals surface area contributed by atoms with Gasteiger partial charge in [-0.15, -0.1) is 0 Å². The fourth-order valence-corrected chi connectivity index (χ4v) is 3.30. The van der Waals surface area contributed by atoms with E-state index in [1.165, 1.54) is 38.2 Å². The molecular weight excluding hydrogens is 250 g/mol. The van der Waals surface area contributed by atoms with E-state index >= 15 is 0 Å². The molecule has 1 aromatic heterocycles. The number of aromatic nitrogens is 2. The summed E-state index contributed by atoms with van der Waals surface area (Å²) in [6.07, 6.45) is 5.54. The number of hydrogen-bond acceptors (Lipinski definition) is 4. The number of likely N-dealkylation sites (tertiary alicyclic amines) is 1. The molecule has 1 N–H and O–H groups in total. The highest BCUT2D eigenvalue weighted by Crippen LogP contribution is 2.18. The molecular formula is C15H27N5. The van der Waals surface area contributed by atoms with Crippen LogP contribution in [0.5, 0.6) is 0 Å². The minimum Gasteiger partial charge on any atom is -0.314 e. The van der Waals surface area contributed by atoms with Gasteiger partial charge in [-0.2, -0.15) is 5.10 Å². The smallest absolute Gasteiger partial charge is 0.0534 e. The van der Waals surface area contributed by atoms with Gasteiger partial charge in [-0.05, 0) is 20.3 Å². The van der Waals surface area contributed by atoms with E-state index in [1.54, 1.807) is 0 Å². The minimum atomic E-state index is 0.455. The number of piperazine rings is 1. The van der Waals surface area contributed by atoms with E-state index < -0.39 is 0 Å². The zero-order valence-electron chi connectivity index (χ0n) is 12.8. The highest BCUT2D eigenvalue weighted by atomic mass is 15.3. The SMILES string of the molecule is CC(C)n1cc(CN2CCC(N3CCNCC3)C2)cn1. The molecule has 3 heterocycles. The summed E-state index contributed by atoms with van der Waals surface area (Å²) in [4.78, 5) is 5.24. The first-order valence-electron chi connectivity index (χ1n) is 7.92. The molecule has 0 bridgehead atoms. The van der Waals surface area contributed by atoms with Gasteiger partial charge in [-0.1, -0.05) is 0 Å². The molecule has 5 nitrogen and oxygen atoms in total. The monoisotopic (exact) mass is 277 g/mol. The Labute approximate surface area is 121 Å². The van der Waals surface area contributed by atoms with Gasteiger partial charge < -0.3 is 5.32 Å². The summed E-state index contributed by atoms with van der Waals surface area (Å²) in [6, 6.07) is 1.22. The summed E-state index contributed by atoms with van der Waals surface area (Å²) < 4.78 is 2.05. The Hall–Kier alpha value is -0.910. The maximum atomic E-state index is 4.44. The lowest BCUT2D eigenvalue weighted by molar-refractivity contribution is 0.170. The van der Waals surface area contributed by atoms with Crippen LogP contribution in [0.3, 0.4) is 0 Å². The predicted octanol–water partition coefficient (Wildman–Crippen LogP) is 0.944. The van der Waals surface area contributed by atoms with Gasteiger partial charge in [-0.25, -0.2) is 0 Å². The number of hydrogen-bond donors (Lipinski definition) is 1. The molecule has 0 aliphatic carbocycles. The van der Waals surface area contributed by atoms with Crippen molar-refractivity contribution in [2.45, 2.75) is 38.9 Å². The maximum Gasteiger partial charge on any atom is 0.0534 e. The van der Waals surface area contributed by atoms with Crippen molar-refractivity contribution in [2.75, 3.05) is 39.3 Å². The van der Waals surface area contributed by atoms with Gasteiger partial charge in [0, 0.05) is 69.7 Å². The minimum absolute atomic E-state index is 0.455. The molecule has 1 atom stereocenters. The summed E-state index contributed by atoms with van der Waals surface area (Å²) in [5, 5.41) is 7.87. The molecule has 5 heteroatoms. The van der Waals surface area contributed by atoms with Crippen molar-refractivity contribution < 1.29 is 0 Å². The fourth-order valence-electron chi connectivity index (χ4n) is 3.30. The summed E-state index contributed by atoms with van der Waals surface area (Å²) in [5.74, 6) is 0. The average molecular weight is 277 g/mol. The van der Waals surface area contributed by atoms with E-state index in [-0.39, 0.29) is 0 Å². The first-order chi connectivity index (χ1) is 9.72. The van der Waals surface area contributed by atoms with Crippen LogP contribution in [0.4, 0.5) is 0 Å². The highest BCUT2D eigenvalue weighted by molar-refractivity contribution is 5.05. The van der Waals surface area contributed by atoms with Crippen LogP contribution in [0, 0.1) is 0 Å². The Bertz CT molecular complexity index is 422. The van der Waals surface area contributed by atoms with Gasteiger partial charge >= 0.3 is 0 Å². The van der Waals surface area contributed by atoms with E-state index in [9.17, 15) is 0 Å². The maximum absolute atomic E-state index is 4.44. The van der Waals surface area contributed by atoms with Crippen LogP contribution < -0.4 is 5.32 Å². The quantitative estimate of drug-likeness (QED) is 0.889. The Kier molecular flexibility index (Phi) is 4.38. The van der Waals surface area contributed by atoms with E-state index in [0.29, 0.717) is 6.04 Å². The topological polar surface area (TPSA) is 36.3 Å². The zero-order valence-corrected chi connectivity index (χ0v) is 12.8. The van der Waals surface area contributed by atoms with Crippen LogP contribution in [0.15, 0.2) is 12.4 Å². The van der Waals surface area contributed by atoms with E-state index in [4.69, 9.17) is 0 Å². The Morgan fingerprint density at radius 3 is 2.80 bits per heavy atom. The molecule has 112 valence electrons. The Morgan fingerprint density at radius 2 is 2.10 bits per heavy atom.